The van der Waals surface area contributed by atoms with Crippen LogP contribution in [-0.2, 0) is 23.3 Å². The molecule has 7 heteroatoms. The van der Waals surface area contributed by atoms with Crippen molar-refractivity contribution in [2.45, 2.75) is 56.7 Å². The first-order chi connectivity index (χ1) is 20.6. The first-order valence-corrected chi connectivity index (χ1v) is 15.1. The maximum Gasteiger partial charge on any atom is 0.238 e. The number of anilines is 1. The Hall–Kier alpha value is -4.10. The normalized spacial score (nSPS) is 18.2. The summed E-state index contributed by atoms with van der Waals surface area (Å²) in [5.74, 6) is 1.75. The molecule has 1 amide bonds. The van der Waals surface area contributed by atoms with Crippen molar-refractivity contribution in [3.63, 3.8) is 0 Å². The summed E-state index contributed by atoms with van der Waals surface area (Å²) in [4.78, 5) is 18.5. The van der Waals surface area contributed by atoms with Gasteiger partial charge in [0.25, 0.3) is 0 Å². The fraction of sp³-hybridized carbons (Fsp3) is 0.371. The molecule has 3 aromatic carbocycles. The van der Waals surface area contributed by atoms with Gasteiger partial charge in [0.1, 0.15) is 11.5 Å². The molecular weight excluding hydrogens is 524 g/mol. The summed E-state index contributed by atoms with van der Waals surface area (Å²) < 4.78 is 13.6. The second kappa shape index (κ2) is 11.0. The molecule has 0 N–H and O–H groups in total. The lowest BCUT2D eigenvalue weighted by Gasteiger charge is -2.37. The largest absolute Gasteiger partial charge is 0.497 e. The average molecular weight is 563 g/mol. The monoisotopic (exact) mass is 562 g/mol. The number of aromatic nitrogens is 2. The van der Waals surface area contributed by atoms with Crippen molar-refractivity contribution in [2.24, 2.45) is 0 Å². The van der Waals surface area contributed by atoms with E-state index in [1.165, 1.54) is 5.56 Å². The molecule has 0 radical (unpaired) electrons. The number of nitrogens with zero attached hydrogens (tertiary/aromatic N) is 4. The van der Waals surface area contributed by atoms with Crippen molar-refractivity contribution in [1.82, 2.24) is 14.7 Å². The summed E-state index contributed by atoms with van der Waals surface area (Å²) in [6, 6.07) is 25.5. The van der Waals surface area contributed by atoms with E-state index in [9.17, 15) is 4.79 Å². The number of hydrogen-bond donors (Lipinski definition) is 0. The molecule has 1 saturated heterocycles. The smallest absolute Gasteiger partial charge is 0.238 e. The minimum Gasteiger partial charge on any atom is -0.497 e. The van der Waals surface area contributed by atoms with Crippen LogP contribution in [0, 0.1) is 0 Å². The van der Waals surface area contributed by atoms with Crippen LogP contribution in [0.1, 0.15) is 54.8 Å². The lowest BCUT2D eigenvalue weighted by molar-refractivity contribution is -0.126. The highest BCUT2D eigenvalue weighted by Gasteiger charge is 2.55. The Morgan fingerprint density at radius 1 is 0.881 bits per heavy atom. The Morgan fingerprint density at radius 3 is 2.29 bits per heavy atom. The number of methoxy groups -OCH3 is 2. The van der Waals surface area contributed by atoms with E-state index >= 15 is 0 Å². The van der Waals surface area contributed by atoms with Gasteiger partial charge in [0.2, 0.25) is 5.91 Å². The lowest BCUT2D eigenvalue weighted by atomic mass is 9.65. The van der Waals surface area contributed by atoms with Gasteiger partial charge >= 0.3 is 0 Å². The molecule has 2 aliphatic heterocycles. The van der Waals surface area contributed by atoms with E-state index in [1.807, 2.05) is 35.4 Å². The number of benzene rings is 3. The van der Waals surface area contributed by atoms with Crippen LogP contribution < -0.4 is 14.4 Å². The average Bonchev–Trinajstić information content (AvgIpc) is 3.59. The zero-order valence-corrected chi connectivity index (χ0v) is 24.5. The minimum absolute atomic E-state index is 0.189. The molecule has 7 nitrogen and oxygen atoms in total. The fourth-order valence-corrected chi connectivity index (χ4v) is 7.10. The highest BCUT2D eigenvalue weighted by atomic mass is 16.5. The number of amides is 1. The molecule has 1 spiro atoms. The number of hydrogen-bond acceptors (Lipinski definition) is 5. The van der Waals surface area contributed by atoms with Crippen molar-refractivity contribution in [2.75, 3.05) is 32.2 Å². The molecule has 2 fully saturated rings. The van der Waals surface area contributed by atoms with Crippen LogP contribution in [0.15, 0.2) is 79.0 Å². The number of rotatable bonds is 8. The molecule has 4 aromatic rings. The summed E-state index contributed by atoms with van der Waals surface area (Å²) in [7, 11) is 3.37. The fourth-order valence-electron chi connectivity index (χ4n) is 7.10. The molecule has 3 heterocycles. The molecular formula is C35H38N4O3. The van der Waals surface area contributed by atoms with E-state index in [2.05, 4.69) is 58.1 Å². The molecule has 216 valence electrons. The van der Waals surface area contributed by atoms with Gasteiger partial charge in [0.15, 0.2) is 0 Å². The van der Waals surface area contributed by atoms with E-state index in [1.54, 1.807) is 14.2 Å². The molecule has 0 bridgehead atoms. The van der Waals surface area contributed by atoms with Gasteiger partial charge in [-0.2, -0.15) is 5.10 Å². The predicted molar refractivity (Wildman–Crippen MR) is 164 cm³/mol. The topological polar surface area (TPSA) is 59.8 Å². The van der Waals surface area contributed by atoms with Crippen molar-refractivity contribution in [3.8, 4) is 22.8 Å². The van der Waals surface area contributed by atoms with E-state index in [4.69, 9.17) is 14.6 Å². The third kappa shape index (κ3) is 4.56. The molecule has 0 unspecified atom stereocenters. The molecule has 1 aromatic heterocycles. The van der Waals surface area contributed by atoms with Gasteiger partial charge in [-0.3, -0.25) is 14.4 Å². The van der Waals surface area contributed by atoms with Crippen LogP contribution in [0.25, 0.3) is 11.3 Å². The number of ether oxygens (including phenoxy) is 2. The second-order valence-corrected chi connectivity index (χ2v) is 11.9. The molecule has 1 saturated carbocycles. The Balaban J connectivity index is 1.17. The number of carbonyl (C=O) groups excluding carboxylic acids is 1. The number of carbonyl (C=O) groups is 1. The van der Waals surface area contributed by atoms with Gasteiger partial charge < -0.3 is 14.4 Å². The van der Waals surface area contributed by atoms with Gasteiger partial charge in [0.05, 0.1) is 43.6 Å². The van der Waals surface area contributed by atoms with Crippen LogP contribution in [0.4, 0.5) is 5.69 Å². The van der Waals surface area contributed by atoms with Crippen LogP contribution in [0.2, 0.25) is 0 Å². The summed E-state index contributed by atoms with van der Waals surface area (Å²) >= 11 is 0. The number of likely N-dealkylation sites (tertiary alicyclic amines) is 1. The second-order valence-electron chi connectivity index (χ2n) is 11.9. The van der Waals surface area contributed by atoms with Crippen molar-refractivity contribution in [3.05, 3.63) is 95.7 Å². The van der Waals surface area contributed by atoms with Crippen molar-refractivity contribution >= 4 is 11.6 Å². The molecule has 1 aliphatic carbocycles. The minimum atomic E-state index is -0.460. The van der Waals surface area contributed by atoms with E-state index < -0.39 is 5.41 Å². The van der Waals surface area contributed by atoms with E-state index in [0.717, 1.165) is 91.3 Å². The lowest BCUT2D eigenvalue weighted by Crippen LogP contribution is -2.44. The van der Waals surface area contributed by atoms with Crippen LogP contribution in [0.5, 0.6) is 11.5 Å². The van der Waals surface area contributed by atoms with E-state index in [0.29, 0.717) is 12.6 Å². The molecule has 7 rings (SSSR count). The first kappa shape index (κ1) is 26.8. The predicted octanol–water partition coefficient (Wildman–Crippen LogP) is 6.37. The van der Waals surface area contributed by atoms with Crippen molar-refractivity contribution in [1.29, 1.82) is 0 Å². The Kier molecular flexibility index (Phi) is 6.98. The third-order valence-electron chi connectivity index (χ3n) is 9.56. The van der Waals surface area contributed by atoms with Crippen LogP contribution in [-0.4, -0.2) is 47.9 Å². The summed E-state index contributed by atoms with van der Waals surface area (Å²) in [5, 5.41) is 4.81. The molecule has 42 heavy (non-hydrogen) atoms. The van der Waals surface area contributed by atoms with E-state index in [-0.39, 0.29) is 5.91 Å². The SMILES string of the molecule is COc1ccc(CN2C(=O)C3(CCC3)c3cc(-c4ccnn4C4CCN(Cc5ccccc5)CC4)cc(OC)c32)cc1. The zero-order chi connectivity index (χ0) is 28.7. The standard InChI is InChI=1S/C35H38N4O3/c1-41-29-11-9-26(10-12-29)24-38-33-30(35(34(38)40)16-6-17-35)21-27(22-32(33)42-2)31-13-18-36-39(31)28-14-19-37(20-15-28)23-25-7-4-3-5-8-25/h3-5,7-13,18,21-22,28H,6,14-17,19-20,23-24H2,1-2H3. The third-order valence-corrected chi connectivity index (χ3v) is 9.56. The zero-order valence-electron chi connectivity index (χ0n) is 24.5. The first-order valence-electron chi connectivity index (χ1n) is 15.1. The number of piperidine rings is 1. The highest BCUT2D eigenvalue weighted by Crippen LogP contribution is 2.57. The Morgan fingerprint density at radius 2 is 1.62 bits per heavy atom. The van der Waals surface area contributed by atoms with Crippen LogP contribution in [0.3, 0.4) is 0 Å². The summed E-state index contributed by atoms with van der Waals surface area (Å²) in [6.45, 7) is 3.59. The van der Waals surface area contributed by atoms with Gasteiger partial charge in [-0.1, -0.05) is 48.9 Å². The summed E-state index contributed by atoms with van der Waals surface area (Å²) in [6.07, 6.45) is 6.84. The highest BCUT2D eigenvalue weighted by molar-refractivity contribution is 6.10. The Labute approximate surface area is 247 Å². The van der Waals surface area contributed by atoms with Gasteiger partial charge in [-0.25, -0.2) is 0 Å². The maximum atomic E-state index is 14.1. The molecule has 0 atom stereocenters. The maximum absolute atomic E-state index is 14.1. The van der Waals surface area contributed by atoms with Gasteiger partial charge in [-0.05, 0) is 72.7 Å². The summed E-state index contributed by atoms with van der Waals surface area (Å²) in [5.41, 5.74) is 6.15. The number of fused-ring (bicyclic) bond motifs is 2. The van der Waals surface area contributed by atoms with Gasteiger partial charge in [0, 0.05) is 31.4 Å². The van der Waals surface area contributed by atoms with Crippen molar-refractivity contribution < 1.29 is 14.3 Å². The van der Waals surface area contributed by atoms with Crippen LogP contribution >= 0.6 is 0 Å². The molecule has 3 aliphatic rings. The Bertz CT molecular complexity index is 1570. The quantitative estimate of drug-likeness (QED) is 0.250. The van der Waals surface area contributed by atoms with Gasteiger partial charge in [-0.15, -0.1) is 0 Å².